The smallest absolute Gasteiger partial charge is 0.261 e. The highest BCUT2D eigenvalue weighted by Gasteiger charge is 2.17. The van der Waals surface area contributed by atoms with Crippen LogP contribution in [0.2, 0.25) is 0 Å². The molecule has 3 nitrogen and oxygen atoms in total. The number of amides is 1. The largest absolute Gasteiger partial charge is 0.376 e. The molecule has 16 heavy (non-hydrogen) atoms. The predicted octanol–water partition coefficient (Wildman–Crippen LogP) is 3.18. The molecule has 1 aromatic rings. The lowest BCUT2D eigenvalue weighted by Gasteiger charge is -2.09. The Labute approximate surface area is 115 Å². The molecule has 1 atom stereocenters. The van der Waals surface area contributed by atoms with E-state index >= 15 is 0 Å². The van der Waals surface area contributed by atoms with Crippen molar-refractivity contribution in [3.05, 3.63) is 19.2 Å². The van der Waals surface area contributed by atoms with E-state index in [-0.39, 0.29) is 12.0 Å². The summed E-state index contributed by atoms with van der Waals surface area (Å²) in [5.74, 6) is -0.0353. The van der Waals surface area contributed by atoms with Gasteiger partial charge >= 0.3 is 0 Å². The molecule has 1 amide bonds. The highest BCUT2D eigenvalue weighted by molar-refractivity contribution is 9.13. The van der Waals surface area contributed by atoms with Gasteiger partial charge < -0.3 is 10.1 Å². The summed E-state index contributed by atoms with van der Waals surface area (Å²) in [5.41, 5.74) is 0. The average Bonchev–Trinajstić information content (AvgIpc) is 2.86. The minimum Gasteiger partial charge on any atom is -0.376 e. The Kier molecular flexibility index (Phi) is 4.41. The molecule has 0 radical (unpaired) electrons. The monoisotopic (exact) mass is 367 g/mol. The zero-order valence-corrected chi connectivity index (χ0v) is 12.5. The second-order valence-electron chi connectivity index (χ2n) is 3.58. The van der Waals surface area contributed by atoms with Crippen molar-refractivity contribution < 1.29 is 9.53 Å². The van der Waals surface area contributed by atoms with Crippen LogP contribution in [0.1, 0.15) is 22.5 Å². The number of carbonyl (C=O) groups is 1. The quantitative estimate of drug-likeness (QED) is 0.889. The van der Waals surface area contributed by atoms with Crippen LogP contribution in [0.5, 0.6) is 0 Å². The fourth-order valence-corrected chi connectivity index (χ4v) is 3.51. The van der Waals surface area contributed by atoms with E-state index in [1.54, 1.807) is 0 Å². The topological polar surface area (TPSA) is 38.3 Å². The van der Waals surface area contributed by atoms with Crippen LogP contribution >= 0.6 is 43.2 Å². The van der Waals surface area contributed by atoms with Crippen LogP contribution in [-0.4, -0.2) is 25.2 Å². The van der Waals surface area contributed by atoms with Crippen LogP contribution in [0, 0.1) is 0 Å². The molecule has 0 bridgehead atoms. The van der Waals surface area contributed by atoms with E-state index in [1.807, 2.05) is 6.07 Å². The van der Waals surface area contributed by atoms with Gasteiger partial charge in [-0.05, 0) is 50.8 Å². The first kappa shape index (κ1) is 12.5. The van der Waals surface area contributed by atoms with Crippen LogP contribution < -0.4 is 5.32 Å². The maximum atomic E-state index is 11.8. The fraction of sp³-hybridized carbons (Fsp3) is 0.500. The highest BCUT2D eigenvalue weighted by atomic mass is 79.9. The Bertz CT molecular complexity index is 369. The van der Waals surface area contributed by atoms with Gasteiger partial charge in [-0.15, -0.1) is 11.3 Å². The zero-order valence-electron chi connectivity index (χ0n) is 8.46. The van der Waals surface area contributed by atoms with Crippen LogP contribution in [0.4, 0.5) is 0 Å². The third kappa shape index (κ3) is 3.06. The molecule has 0 aliphatic carbocycles. The molecule has 0 aromatic carbocycles. The van der Waals surface area contributed by atoms with E-state index in [1.165, 1.54) is 11.3 Å². The molecule has 1 fully saturated rings. The molecule has 1 N–H and O–H groups in total. The van der Waals surface area contributed by atoms with Crippen molar-refractivity contribution >= 4 is 49.1 Å². The predicted molar refractivity (Wildman–Crippen MR) is 71.0 cm³/mol. The zero-order chi connectivity index (χ0) is 11.5. The summed E-state index contributed by atoms with van der Waals surface area (Å²) in [6.07, 6.45) is 2.32. The Hall–Kier alpha value is 0.0900. The number of thiophene rings is 1. The Morgan fingerprint density at radius 2 is 2.44 bits per heavy atom. The molecule has 1 aliphatic heterocycles. The van der Waals surface area contributed by atoms with Gasteiger partial charge in [-0.1, -0.05) is 0 Å². The Morgan fingerprint density at radius 3 is 3.00 bits per heavy atom. The van der Waals surface area contributed by atoms with Gasteiger partial charge in [0.1, 0.15) is 0 Å². The number of hydrogen-bond donors (Lipinski definition) is 1. The summed E-state index contributed by atoms with van der Waals surface area (Å²) >= 11 is 8.15. The molecule has 0 saturated carbocycles. The van der Waals surface area contributed by atoms with E-state index in [4.69, 9.17) is 4.74 Å². The van der Waals surface area contributed by atoms with Gasteiger partial charge in [-0.3, -0.25) is 4.79 Å². The standard InChI is InChI=1S/C10H11Br2NO2S/c11-7-4-8(16-9(7)12)10(14)13-5-6-2-1-3-15-6/h4,6H,1-3,5H2,(H,13,14)/t6-/m1/s1. The SMILES string of the molecule is O=C(NC[C@H]1CCCO1)c1cc(Br)c(Br)s1. The molecule has 1 saturated heterocycles. The third-order valence-corrected chi connectivity index (χ3v) is 5.64. The number of hydrogen-bond acceptors (Lipinski definition) is 3. The van der Waals surface area contributed by atoms with Crippen molar-refractivity contribution in [2.75, 3.05) is 13.2 Å². The van der Waals surface area contributed by atoms with Gasteiger partial charge in [0.05, 0.1) is 14.8 Å². The fourth-order valence-electron chi connectivity index (χ4n) is 1.56. The summed E-state index contributed by atoms with van der Waals surface area (Å²) in [4.78, 5) is 12.5. The number of carbonyl (C=O) groups excluding carboxylic acids is 1. The van der Waals surface area contributed by atoms with E-state index < -0.39 is 0 Å². The van der Waals surface area contributed by atoms with Gasteiger partial charge in [-0.25, -0.2) is 0 Å². The normalized spacial score (nSPS) is 20.0. The lowest BCUT2D eigenvalue weighted by molar-refractivity contribution is 0.0861. The summed E-state index contributed by atoms with van der Waals surface area (Å²) in [6, 6.07) is 1.82. The number of halogens is 2. The van der Waals surface area contributed by atoms with E-state index in [9.17, 15) is 4.79 Å². The van der Waals surface area contributed by atoms with Crippen LogP contribution in [0.25, 0.3) is 0 Å². The second kappa shape index (κ2) is 5.62. The molecule has 88 valence electrons. The van der Waals surface area contributed by atoms with Crippen LogP contribution in [0.15, 0.2) is 14.3 Å². The van der Waals surface area contributed by atoms with Crippen LogP contribution in [-0.2, 0) is 4.74 Å². The van der Waals surface area contributed by atoms with E-state index in [2.05, 4.69) is 37.2 Å². The van der Waals surface area contributed by atoms with Crippen LogP contribution in [0.3, 0.4) is 0 Å². The van der Waals surface area contributed by atoms with Gasteiger partial charge in [0.15, 0.2) is 0 Å². The van der Waals surface area contributed by atoms with Crippen molar-refractivity contribution in [3.63, 3.8) is 0 Å². The lowest BCUT2D eigenvalue weighted by atomic mass is 10.2. The Morgan fingerprint density at radius 1 is 1.62 bits per heavy atom. The van der Waals surface area contributed by atoms with Gasteiger partial charge in [-0.2, -0.15) is 0 Å². The summed E-state index contributed by atoms with van der Waals surface area (Å²) < 4.78 is 7.29. The summed E-state index contributed by atoms with van der Waals surface area (Å²) in [7, 11) is 0. The molecular formula is C10H11Br2NO2S. The third-order valence-electron chi connectivity index (χ3n) is 2.38. The van der Waals surface area contributed by atoms with Crippen molar-refractivity contribution in [1.29, 1.82) is 0 Å². The Balaban J connectivity index is 1.87. The molecule has 2 rings (SSSR count). The molecular weight excluding hydrogens is 358 g/mol. The molecule has 0 spiro atoms. The van der Waals surface area contributed by atoms with Crippen molar-refractivity contribution in [3.8, 4) is 0 Å². The van der Waals surface area contributed by atoms with E-state index in [0.29, 0.717) is 11.4 Å². The second-order valence-corrected chi connectivity index (χ2v) is 6.80. The molecule has 0 unspecified atom stereocenters. The minimum atomic E-state index is -0.0353. The van der Waals surface area contributed by atoms with Crippen molar-refractivity contribution in [2.45, 2.75) is 18.9 Å². The highest BCUT2D eigenvalue weighted by Crippen LogP contribution is 2.32. The number of nitrogens with one attached hydrogen (secondary N) is 1. The molecule has 1 aromatic heterocycles. The molecule has 6 heteroatoms. The van der Waals surface area contributed by atoms with E-state index in [0.717, 1.165) is 27.7 Å². The molecule has 2 heterocycles. The molecule has 1 aliphatic rings. The van der Waals surface area contributed by atoms with Gasteiger partial charge in [0, 0.05) is 17.6 Å². The number of rotatable bonds is 3. The average molecular weight is 369 g/mol. The first-order valence-corrected chi connectivity index (χ1v) is 7.41. The van der Waals surface area contributed by atoms with Gasteiger partial charge in [0.2, 0.25) is 0 Å². The maximum Gasteiger partial charge on any atom is 0.261 e. The maximum absolute atomic E-state index is 11.8. The van der Waals surface area contributed by atoms with Crippen molar-refractivity contribution in [1.82, 2.24) is 5.32 Å². The summed E-state index contributed by atoms with van der Waals surface area (Å²) in [5, 5.41) is 2.89. The minimum absolute atomic E-state index is 0.0353. The lowest BCUT2D eigenvalue weighted by Crippen LogP contribution is -2.31. The van der Waals surface area contributed by atoms with Gasteiger partial charge in [0.25, 0.3) is 5.91 Å². The summed E-state index contributed by atoms with van der Waals surface area (Å²) in [6.45, 7) is 1.42. The number of ether oxygens (including phenoxy) is 1. The first-order chi connectivity index (χ1) is 7.66. The van der Waals surface area contributed by atoms with Crippen molar-refractivity contribution in [2.24, 2.45) is 0 Å². The first-order valence-electron chi connectivity index (χ1n) is 5.01.